The van der Waals surface area contributed by atoms with Gasteiger partial charge in [0.1, 0.15) is 5.75 Å². The lowest BCUT2D eigenvalue weighted by atomic mass is 10.1. The Balaban J connectivity index is 2.01. The second-order valence-corrected chi connectivity index (χ2v) is 3.04. The summed E-state index contributed by atoms with van der Waals surface area (Å²) in [6.45, 7) is 4.29. The molecule has 0 saturated carbocycles. The fourth-order valence-corrected chi connectivity index (χ4v) is 1.46. The van der Waals surface area contributed by atoms with Crippen LogP contribution in [0.5, 0.6) is 5.75 Å². The number of hydrogen-bond donors (Lipinski definition) is 0. The summed E-state index contributed by atoms with van der Waals surface area (Å²) in [4.78, 5) is 0. The van der Waals surface area contributed by atoms with Crippen molar-refractivity contribution in [3.8, 4) is 5.75 Å². The zero-order valence-electron chi connectivity index (χ0n) is 7.44. The Morgan fingerprint density at radius 3 is 3.15 bits per heavy atom. The van der Waals surface area contributed by atoms with Crippen molar-refractivity contribution >= 4 is 0 Å². The quantitative estimate of drug-likeness (QED) is 0.640. The minimum absolute atomic E-state index is 0.00426. The van der Waals surface area contributed by atoms with Crippen molar-refractivity contribution in [1.82, 2.24) is 5.32 Å². The van der Waals surface area contributed by atoms with Gasteiger partial charge in [0.25, 0.3) is 0 Å². The van der Waals surface area contributed by atoms with Crippen molar-refractivity contribution in [3.05, 3.63) is 42.5 Å². The Bertz CT molecular complexity index is 284. The van der Waals surface area contributed by atoms with Crippen LogP contribution in [0.2, 0.25) is 0 Å². The number of hydrogen-bond acceptors (Lipinski definition) is 1. The largest absolute Gasteiger partial charge is 0.473 e. The van der Waals surface area contributed by atoms with Crippen molar-refractivity contribution in [2.45, 2.75) is 12.6 Å². The van der Waals surface area contributed by atoms with E-state index in [-0.39, 0.29) is 6.23 Å². The molecule has 1 aliphatic heterocycles. The van der Waals surface area contributed by atoms with Gasteiger partial charge in [0, 0.05) is 13.0 Å². The zero-order valence-corrected chi connectivity index (χ0v) is 7.44. The van der Waals surface area contributed by atoms with Crippen molar-refractivity contribution in [1.29, 1.82) is 0 Å². The Kier molecular flexibility index (Phi) is 2.32. The van der Waals surface area contributed by atoms with Crippen LogP contribution in [-0.2, 0) is 6.42 Å². The molecule has 0 saturated heterocycles. The van der Waals surface area contributed by atoms with E-state index in [1.54, 1.807) is 6.08 Å². The molecule has 2 heteroatoms. The Morgan fingerprint density at radius 2 is 2.38 bits per heavy atom. The number of nitrogens with zero attached hydrogens (tertiary/aromatic N) is 1. The summed E-state index contributed by atoms with van der Waals surface area (Å²) in [6.07, 6.45) is 2.67. The van der Waals surface area contributed by atoms with E-state index in [4.69, 9.17) is 4.74 Å². The lowest BCUT2D eigenvalue weighted by molar-refractivity contribution is 0.193. The number of benzene rings is 1. The highest BCUT2D eigenvalue weighted by Gasteiger charge is 2.21. The molecular formula is C11H12NO. The van der Waals surface area contributed by atoms with Crippen LogP contribution >= 0.6 is 0 Å². The van der Waals surface area contributed by atoms with E-state index in [1.165, 1.54) is 5.56 Å². The van der Waals surface area contributed by atoms with Crippen LogP contribution in [0.25, 0.3) is 0 Å². The summed E-state index contributed by atoms with van der Waals surface area (Å²) in [7, 11) is 0. The van der Waals surface area contributed by atoms with Crippen molar-refractivity contribution < 1.29 is 4.74 Å². The van der Waals surface area contributed by atoms with E-state index in [2.05, 4.69) is 18.0 Å². The minimum Gasteiger partial charge on any atom is -0.473 e. The maximum Gasteiger partial charge on any atom is 0.169 e. The van der Waals surface area contributed by atoms with Gasteiger partial charge in [-0.25, -0.2) is 0 Å². The standard InChI is InChI=1S/C11H12NO/c1-2-7-12-11-8-9-5-3-4-6-10(9)13-11/h2-6,11H,1,7-8H2. The molecule has 0 amide bonds. The summed E-state index contributed by atoms with van der Waals surface area (Å²) in [5.74, 6) is 0.973. The van der Waals surface area contributed by atoms with E-state index in [9.17, 15) is 0 Å². The first-order valence-corrected chi connectivity index (χ1v) is 4.42. The molecule has 2 nitrogen and oxygen atoms in total. The predicted molar refractivity (Wildman–Crippen MR) is 51.8 cm³/mol. The molecule has 0 N–H and O–H groups in total. The molecular weight excluding hydrogens is 162 g/mol. The highest BCUT2D eigenvalue weighted by molar-refractivity contribution is 5.36. The molecule has 1 radical (unpaired) electrons. The zero-order chi connectivity index (χ0) is 9.10. The second kappa shape index (κ2) is 3.62. The van der Waals surface area contributed by atoms with Crippen LogP contribution in [0.15, 0.2) is 36.9 Å². The van der Waals surface area contributed by atoms with Gasteiger partial charge in [0.15, 0.2) is 6.23 Å². The van der Waals surface area contributed by atoms with Gasteiger partial charge in [-0.3, -0.25) is 0 Å². The molecule has 67 valence electrons. The lowest BCUT2D eigenvalue weighted by Gasteiger charge is -2.07. The average molecular weight is 174 g/mol. The van der Waals surface area contributed by atoms with Gasteiger partial charge in [0.05, 0.1) is 0 Å². The lowest BCUT2D eigenvalue weighted by Crippen LogP contribution is -2.26. The molecule has 0 aromatic heterocycles. The molecule has 0 fully saturated rings. The van der Waals surface area contributed by atoms with Gasteiger partial charge in [0.2, 0.25) is 0 Å². The topological polar surface area (TPSA) is 23.3 Å². The molecule has 1 aromatic carbocycles. The van der Waals surface area contributed by atoms with Crippen molar-refractivity contribution in [3.63, 3.8) is 0 Å². The summed E-state index contributed by atoms with van der Waals surface area (Å²) in [5, 5.41) is 4.32. The van der Waals surface area contributed by atoms with Crippen LogP contribution in [-0.4, -0.2) is 12.8 Å². The fraction of sp³-hybridized carbons (Fsp3) is 0.273. The average Bonchev–Trinajstić information content (AvgIpc) is 2.57. The van der Waals surface area contributed by atoms with Gasteiger partial charge >= 0.3 is 0 Å². The van der Waals surface area contributed by atoms with Gasteiger partial charge in [-0.15, -0.1) is 6.58 Å². The third-order valence-electron chi connectivity index (χ3n) is 2.07. The SMILES string of the molecule is C=CC[N]C1Cc2ccccc2O1. The summed E-state index contributed by atoms with van der Waals surface area (Å²) < 4.78 is 5.59. The van der Waals surface area contributed by atoms with E-state index < -0.39 is 0 Å². The minimum atomic E-state index is -0.00426. The third-order valence-corrected chi connectivity index (χ3v) is 2.07. The highest BCUT2D eigenvalue weighted by Crippen LogP contribution is 2.27. The number of fused-ring (bicyclic) bond motifs is 1. The highest BCUT2D eigenvalue weighted by atomic mass is 16.5. The first kappa shape index (κ1) is 8.32. The molecule has 13 heavy (non-hydrogen) atoms. The monoisotopic (exact) mass is 174 g/mol. The van der Waals surface area contributed by atoms with Crippen LogP contribution in [0, 0.1) is 0 Å². The van der Waals surface area contributed by atoms with Crippen molar-refractivity contribution in [2.24, 2.45) is 0 Å². The maximum absolute atomic E-state index is 5.59. The Labute approximate surface area is 78.2 Å². The predicted octanol–water partition coefficient (Wildman–Crippen LogP) is 1.74. The van der Waals surface area contributed by atoms with E-state index in [1.807, 2.05) is 18.2 Å². The fourth-order valence-electron chi connectivity index (χ4n) is 1.46. The Hall–Kier alpha value is -1.28. The van der Waals surface area contributed by atoms with Crippen LogP contribution in [0.3, 0.4) is 0 Å². The molecule has 1 unspecified atom stereocenters. The molecule has 1 atom stereocenters. The van der Waals surface area contributed by atoms with Gasteiger partial charge in [-0.05, 0) is 11.6 Å². The third kappa shape index (κ3) is 1.73. The second-order valence-electron chi connectivity index (χ2n) is 3.04. The molecule has 2 rings (SSSR count). The van der Waals surface area contributed by atoms with Crippen LogP contribution in [0.4, 0.5) is 0 Å². The maximum atomic E-state index is 5.59. The van der Waals surface area contributed by atoms with Crippen molar-refractivity contribution in [2.75, 3.05) is 6.54 Å². The molecule has 0 bridgehead atoms. The molecule has 1 aromatic rings. The first-order valence-electron chi connectivity index (χ1n) is 4.42. The van der Waals surface area contributed by atoms with E-state index in [0.29, 0.717) is 6.54 Å². The number of rotatable bonds is 3. The number of ether oxygens (including phenoxy) is 1. The first-order chi connectivity index (χ1) is 6.40. The molecule has 0 spiro atoms. The molecule has 0 aliphatic carbocycles. The Morgan fingerprint density at radius 1 is 1.54 bits per heavy atom. The number of para-hydroxylation sites is 1. The van der Waals surface area contributed by atoms with E-state index >= 15 is 0 Å². The molecule has 1 heterocycles. The van der Waals surface area contributed by atoms with Crippen LogP contribution in [0.1, 0.15) is 5.56 Å². The summed E-state index contributed by atoms with van der Waals surface area (Å²) >= 11 is 0. The van der Waals surface area contributed by atoms with Gasteiger partial charge in [-0.2, -0.15) is 5.32 Å². The van der Waals surface area contributed by atoms with Crippen LogP contribution < -0.4 is 10.1 Å². The van der Waals surface area contributed by atoms with Gasteiger partial charge in [-0.1, -0.05) is 24.3 Å². The smallest absolute Gasteiger partial charge is 0.169 e. The summed E-state index contributed by atoms with van der Waals surface area (Å²) in [6, 6.07) is 8.07. The van der Waals surface area contributed by atoms with Gasteiger partial charge < -0.3 is 4.74 Å². The molecule has 1 aliphatic rings. The normalized spacial score (nSPS) is 19.2. The summed E-state index contributed by atoms with van der Waals surface area (Å²) in [5.41, 5.74) is 1.25. The van der Waals surface area contributed by atoms with E-state index in [0.717, 1.165) is 12.2 Å².